The number of aliphatic imine (C=N–C) groups is 2. The topological polar surface area (TPSA) is 54.0 Å². The molecule has 0 bridgehead atoms. The lowest BCUT2D eigenvalue weighted by atomic mass is 9.88. The van der Waals surface area contributed by atoms with Gasteiger partial charge in [0.05, 0.1) is 11.2 Å². The summed E-state index contributed by atoms with van der Waals surface area (Å²) in [6.45, 7) is 0. The second kappa shape index (κ2) is 15.0. The Morgan fingerprint density at radius 3 is 2.14 bits per heavy atom. The minimum atomic E-state index is -0.295. The van der Waals surface area contributed by atoms with Crippen molar-refractivity contribution in [3.05, 3.63) is 203 Å². The number of hydrogen-bond acceptors (Lipinski definition) is 4. The van der Waals surface area contributed by atoms with Crippen molar-refractivity contribution < 1.29 is 0 Å². The molecule has 3 heterocycles. The van der Waals surface area contributed by atoms with Crippen LogP contribution < -0.4 is 5.32 Å². The van der Waals surface area contributed by atoms with Gasteiger partial charge in [0.2, 0.25) is 0 Å². The molecular weight excluding hydrogens is 719 g/mol. The maximum Gasteiger partial charge on any atom is 0.159 e. The van der Waals surface area contributed by atoms with E-state index in [-0.39, 0.29) is 6.17 Å². The highest BCUT2D eigenvalue weighted by molar-refractivity contribution is 6.15. The van der Waals surface area contributed by atoms with E-state index in [2.05, 4.69) is 168 Å². The van der Waals surface area contributed by atoms with Crippen LogP contribution in [0.5, 0.6) is 0 Å². The van der Waals surface area contributed by atoms with Gasteiger partial charge in [-0.25, -0.2) is 14.5 Å². The Labute approximate surface area is 344 Å². The number of fused-ring (bicyclic) bond motifs is 4. The smallest absolute Gasteiger partial charge is 0.159 e. The lowest BCUT2D eigenvalue weighted by molar-refractivity contribution is 0.674. The third-order valence-electron chi connectivity index (χ3n) is 12.0. The molecule has 0 saturated carbocycles. The fourth-order valence-corrected chi connectivity index (χ4v) is 9.12. The number of hydrogen-bond donors (Lipinski definition) is 1. The van der Waals surface area contributed by atoms with E-state index >= 15 is 0 Å². The number of aryl methyl sites for hydroxylation is 1. The van der Waals surface area contributed by atoms with Crippen molar-refractivity contribution in [2.24, 2.45) is 9.98 Å². The quantitative estimate of drug-likeness (QED) is 0.176. The summed E-state index contributed by atoms with van der Waals surface area (Å²) < 4.78 is 2.26. The molecule has 5 heteroatoms. The molecule has 1 atom stereocenters. The van der Waals surface area contributed by atoms with Gasteiger partial charge in [0.25, 0.3) is 0 Å². The lowest BCUT2D eigenvalue weighted by Gasteiger charge is -2.25. The molecule has 3 aliphatic carbocycles. The molecule has 0 fully saturated rings. The van der Waals surface area contributed by atoms with Crippen LogP contribution in [0.3, 0.4) is 0 Å². The van der Waals surface area contributed by atoms with Crippen molar-refractivity contribution in [2.45, 2.75) is 44.7 Å². The van der Waals surface area contributed by atoms with E-state index < -0.39 is 0 Å². The number of benzene rings is 5. The van der Waals surface area contributed by atoms with Crippen LogP contribution in [0, 0.1) is 0 Å². The molecule has 284 valence electrons. The fraction of sp³-hybridized carbons (Fsp3) is 0.130. The molecule has 0 amide bonds. The Balaban J connectivity index is 1.11. The van der Waals surface area contributed by atoms with Crippen LogP contribution in [0.25, 0.3) is 61.6 Å². The maximum atomic E-state index is 5.68. The number of pyridine rings is 1. The van der Waals surface area contributed by atoms with Gasteiger partial charge in [0.15, 0.2) is 5.84 Å². The van der Waals surface area contributed by atoms with Gasteiger partial charge in [0.1, 0.15) is 17.7 Å². The Hall–Kier alpha value is -7.11. The van der Waals surface area contributed by atoms with Gasteiger partial charge in [0, 0.05) is 38.8 Å². The molecule has 11 rings (SSSR count). The first-order valence-electron chi connectivity index (χ1n) is 20.9. The van der Waals surface area contributed by atoms with E-state index in [0.29, 0.717) is 0 Å². The molecule has 1 N–H and O–H groups in total. The number of rotatable bonds is 7. The van der Waals surface area contributed by atoms with Gasteiger partial charge in [-0.05, 0) is 77.8 Å². The summed E-state index contributed by atoms with van der Waals surface area (Å²) in [5, 5.41) is 11.7. The third-order valence-corrected chi connectivity index (χ3v) is 12.0. The fourth-order valence-electron chi connectivity index (χ4n) is 9.12. The molecular formula is C54H43N5. The third kappa shape index (κ3) is 6.40. The average molecular weight is 762 g/mol. The molecule has 0 radical (unpaired) electrons. The van der Waals surface area contributed by atoms with Crippen molar-refractivity contribution in [1.82, 2.24) is 14.9 Å². The standard InChI is InChI=1S/C54H43N5/c1-5-18-37(19-6-1)48-49(44-34-29-36-17-13-14-26-43(36)35-44)58-59-50(39-20-7-2-8-21-39)47(45-27-15-16-28-46(45)51(48)59)38-30-32-42(33-31-38)54-56-52(40-22-9-3-10-23-40)55-53(57-54)41-24-11-4-12-25-41/h1-3,5,7-11,14-16,18,20-35,54H,4,6,12-13,17,19H2,(H,55,56,57). The number of nitrogens with one attached hydrogen (secondary N) is 1. The van der Waals surface area contributed by atoms with Gasteiger partial charge < -0.3 is 5.32 Å². The van der Waals surface area contributed by atoms with Crippen molar-refractivity contribution in [1.29, 1.82) is 0 Å². The van der Waals surface area contributed by atoms with Crippen LogP contribution in [0.15, 0.2) is 185 Å². The summed E-state index contributed by atoms with van der Waals surface area (Å²) in [7, 11) is 0. The zero-order valence-corrected chi connectivity index (χ0v) is 32.9. The van der Waals surface area contributed by atoms with Crippen LogP contribution in [0.4, 0.5) is 0 Å². The first kappa shape index (κ1) is 35.1. The zero-order valence-electron chi connectivity index (χ0n) is 32.9. The molecule has 1 unspecified atom stereocenters. The first-order valence-corrected chi connectivity index (χ1v) is 20.9. The average Bonchev–Trinajstić information content (AvgIpc) is 3.73. The summed E-state index contributed by atoms with van der Waals surface area (Å²) in [6, 6.07) is 45.9. The summed E-state index contributed by atoms with van der Waals surface area (Å²) in [5.74, 6) is 1.59. The van der Waals surface area contributed by atoms with E-state index in [4.69, 9.17) is 15.1 Å². The molecule has 2 aromatic heterocycles. The highest BCUT2D eigenvalue weighted by atomic mass is 15.2. The second-order valence-electron chi connectivity index (χ2n) is 15.7. The Morgan fingerprint density at radius 2 is 1.36 bits per heavy atom. The number of allylic oxidation sites excluding steroid dienone is 7. The Bertz CT molecular complexity index is 2990. The minimum absolute atomic E-state index is 0.295. The van der Waals surface area contributed by atoms with Gasteiger partial charge >= 0.3 is 0 Å². The van der Waals surface area contributed by atoms with Gasteiger partial charge in [-0.1, -0.05) is 170 Å². The van der Waals surface area contributed by atoms with Crippen molar-refractivity contribution in [3.8, 4) is 33.6 Å². The molecule has 0 saturated heterocycles. The Morgan fingerprint density at radius 1 is 0.610 bits per heavy atom. The SMILES string of the molecule is C1=CCCC(c2c(-c3ccc4c(c3)C=CCC4)nn3c(-c4ccccc4)c(-c4ccc(C5N=C(c6ccccc6)N=C(C6=CCCC=C6)N5)cc4)c4ccccc4c23)=C1. The van der Waals surface area contributed by atoms with Crippen LogP contribution in [-0.4, -0.2) is 21.3 Å². The molecule has 5 nitrogen and oxygen atoms in total. The number of amidine groups is 2. The maximum absolute atomic E-state index is 5.68. The molecule has 5 aromatic carbocycles. The summed E-state index contributed by atoms with van der Waals surface area (Å²) >= 11 is 0. The predicted molar refractivity (Wildman–Crippen MR) is 245 cm³/mol. The van der Waals surface area contributed by atoms with Gasteiger partial charge in [-0.2, -0.15) is 5.10 Å². The minimum Gasteiger partial charge on any atom is -0.344 e. The van der Waals surface area contributed by atoms with Crippen molar-refractivity contribution in [2.75, 3.05) is 0 Å². The number of nitrogens with zero attached hydrogens (tertiary/aromatic N) is 4. The van der Waals surface area contributed by atoms with E-state index in [1.54, 1.807) is 0 Å². The first-order chi connectivity index (χ1) is 29.3. The highest BCUT2D eigenvalue weighted by Gasteiger charge is 2.27. The lowest BCUT2D eigenvalue weighted by Crippen LogP contribution is -2.34. The molecule has 1 aliphatic heterocycles. The van der Waals surface area contributed by atoms with Crippen LogP contribution in [-0.2, 0) is 6.42 Å². The molecule has 0 spiro atoms. The van der Waals surface area contributed by atoms with Gasteiger partial charge in [-0.15, -0.1) is 0 Å². The van der Waals surface area contributed by atoms with E-state index in [0.717, 1.165) is 106 Å². The second-order valence-corrected chi connectivity index (χ2v) is 15.7. The molecule has 59 heavy (non-hydrogen) atoms. The largest absolute Gasteiger partial charge is 0.344 e. The highest BCUT2D eigenvalue weighted by Crippen LogP contribution is 2.46. The summed E-state index contributed by atoms with van der Waals surface area (Å²) in [4.78, 5) is 10.2. The molecule has 4 aliphatic rings. The predicted octanol–water partition coefficient (Wildman–Crippen LogP) is 12.9. The summed E-state index contributed by atoms with van der Waals surface area (Å²) in [6.07, 6.45) is 23.9. The zero-order chi connectivity index (χ0) is 39.1. The normalized spacial score (nSPS) is 17.3. The van der Waals surface area contributed by atoms with Crippen LogP contribution in [0.1, 0.15) is 66.1 Å². The molecule has 7 aromatic rings. The summed E-state index contributed by atoms with van der Waals surface area (Å²) in [5.41, 5.74) is 16.2. The van der Waals surface area contributed by atoms with Gasteiger partial charge in [-0.3, -0.25) is 0 Å². The van der Waals surface area contributed by atoms with Crippen molar-refractivity contribution in [3.63, 3.8) is 0 Å². The monoisotopic (exact) mass is 761 g/mol. The number of aromatic nitrogens is 2. The van der Waals surface area contributed by atoms with Crippen molar-refractivity contribution >= 4 is 39.6 Å². The van der Waals surface area contributed by atoms with E-state index in [1.165, 1.54) is 33.0 Å². The van der Waals surface area contributed by atoms with Crippen LogP contribution in [0.2, 0.25) is 0 Å². The van der Waals surface area contributed by atoms with E-state index in [9.17, 15) is 0 Å². The Kier molecular flexibility index (Phi) is 8.92. The van der Waals surface area contributed by atoms with E-state index in [1.807, 2.05) is 18.2 Å². The van der Waals surface area contributed by atoms with Crippen LogP contribution >= 0.6 is 0 Å².